The first-order chi connectivity index (χ1) is 8.93. The van der Waals surface area contributed by atoms with Crippen molar-refractivity contribution in [1.29, 1.82) is 0 Å². The van der Waals surface area contributed by atoms with Gasteiger partial charge in [0.25, 0.3) is 0 Å². The van der Waals surface area contributed by atoms with Crippen molar-refractivity contribution in [2.24, 2.45) is 0 Å². The average molecular weight is 251 g/mol. The Balaban J connectivity index is 1.91. The van der Waals surface area contributed by atoms with Gasteiger partial charge in [0.1, 0.15) is 0 Å². The van der Waals surface area contributed by atoms with Gasteiger partial charge in [0.05, 0.1) is 0 Å². The highest BCUT2D eigenvalue weighted by atomic mass is 32.2. The molecule has 0 fully saturated rings. The van der Waals surface area contributed by atoms with E-state index in [1.165, 1.54) is 16.0 Å². The fourth-order valence-corrected chi connectivity index (χ4v) is 3.24. The van der Waals surface area contributed by atoms with Crippen molar-refractivity contribution in [1.82, 2.24) is 0 Å². The van der Waals surface area contributed by atoms with Crippen molar-refractivity contribution >= 4 is 16.7 Å². The highest BCUT2D eigenvalue weighted by molar-refractivity contribution is 8.08. The summed E-state index contributed by atoms with van der Waals surface area (Å²) in [6.07, 6.45) is 4.76. The lowest BCUT2D eigenvalue weighted by molar-refractivity contribution is 0.989. The Labute approximate surface area is 113 Å². The molecule has 1 unspecified atom stereocenters. The second kappa shape index (κ2) is 5.45. The van der Waals surface area contributed by atoms with Crippen LogP contribution in [0.15, 0.2) is 66.7 Å². The second-order valence-corrected chi connectivity index (χ2v) is 5.44. The molecule has 0 bridgehead atoms. The Morgan fingerprint density at radius 3 is 2.22 bits per heavy atom. The van der Waals surface area contributed by atoms with E-state index in [0.29, 0.717) is 5.92 Å². The molecule has 0 spiro atoms. The SMILES string of the molecule is [CH]1CSC(c2ccccc2)=CC1c1ccccc1. The molecule has 1 radical (unpaired) electrons. The molecule has 0 saturated heterocycles. The zero-order valence-electron chi connectivity index (χ0n) is 10.1. The first-order valence-corrected chi connectivity index (χ1v) is 7.20. The maximum absolute atomic E-state index is 2.38. The van der Waals surface area contributed by atoms with Gasteiger partial charge in [-0.1, -0.05) is 66.7 Å². The Morgan fingerprint density at radius 2 is 1.50 bits per heavy atom. The maximum Gasteiger partial charge on any atom is 0.0111 e. The van der Waals surface area contributed by atoms with Crippen molar-refractivity contribution < 1.29 is 0 Å². The molecule has 0 amide bonds. The van der Waals surface area contributed by atoms with Gasteiger partial charge in [-0.05, 0) is 17.5 Å². The number of rotatable bonds is 2. The molecular weight excluding hydrogens is 236 g/mol. The van der Waals surface area contributed by atoms with Crippen LogP contribution in [0.2, 0.25) is 0 Å². The van der Waals surface area contributed by atoms with Gasteiger partial charge >= 0.3 is 0 Å². The molecule has 0 aromatic heterocycles. The lowest BCUT2D eigenvalue weighted by Crippen LogP contribution is -2.03. The van der Waals surface area contributed by atoms with Crippen molar-refractivity contribution in [2.45, 2.75) is 5.92 Å². The standard InChI is InChI=1S/C17H15S/c1-3-7-14(8-4-1)16-11-12-18-17(13-16)15-9-5-2-6-10-15/h1-11,13,16H,12H2. The quantitative estimate of drug-likeness (QED) is 0.741. The molecular formula is C17H15S. The van der Waals surface area contributed by atoms with Crippen LogP contribution in [0, 0.1) is 6.42 Å². The summed E-state index contributed by atoms with van der Waals surface area (Å²) in [5.41, 5.74) is 2.71. The van der Waals surface area contributed by atoms with Crippen LogP contribution < -0.4 is 0 Å². The van der Waals surface area contributed by atoms with Crippen LogP contribution >= 0.6 is 11.8 Å². The molecule has 1 heterocycles. The van der Waals surface area contributed by atoms with Gasteiger partial charge in [0, 0.05) is 16.6 Å². The van der Waals surface area contributed by atoms with Crippen LogP contribution in [0.3, 0.4) is 0 Å². The molecule has 89 valence electrons. The fraction of sp³-hybridized carbons (Fsp3) is 0.118. The summed E-state index contributed by atoms with van der Waals surface area (Å²) in [6, 6.07) is 21.4. The topological polar surface area (TPSA) is 0 Å². The number of thioether (sulfide) groups is 1. The molecule has 1 aliphatic heterocycles. The summed E-state index contributed by atoms with van der Waals surface area (Å²) >= 11 is 1.92. The van der Waals surface area contributed by atoms with Gasteiger partial charge in [0.15, 0.2) is 0 Å². The van der Waals surface area contributed by atoms with E-state index < -0.39 is 0 Å². The normalized spacial score (nSPS) is 19.3. The molecule has 1 atom stereocenters. The van der Waals surface area contributed by atoms with Crippen LogP contribution in [-0.2, 0) is 0 Å². The van der Waals surface area contributed by atoms with Crippen LogP contribution in [0.5, 0.6) is 0 Å². The van der Waals surface area contributed by atoms with Crippen LogP contribution in [0.4, 0.5) is 0 Å². The third-order valence-electron chi connectivity index (χ3n) is 3.16. The summed E-state index contributed by atoms with van der Waals surface area (Å²) in [4.78, 5) is 1.40. The first-order valence-electron chi connectivity index (χ1n) is 6.22. The summed E-state index contributed by atoms with van der Waals surface area (Å²) in [6.45, 7) is 0. The van der Waals surface area contributed by atoms with Crippen molar-refractivity contribution in [2.75, 3.05) is 5.75 Å². The Hall–Kier alpha value is -1.47. The number of hydrogen-bond acceptors (Lipinski definition) is 1. The van der Waals surface area contributed by atoms with E-state index in [-0.39, 0.29) is 0 Å². The lowest BCUT2D eigenvalue weighted by atomic mass is 9.95. The predicted molar refractivity (Wildman–Crippen MR) is 80.4 cm³/mol. The molecule has 2 aromatic rings. The molecule has 0 saturated carbocycles. The predicted octanol–water partition coefficient (Wildman–Crippen LogP) is 4.76. The number of benzene rings is 2. The average Bonchev–Trinajstić information content (AvgIpc) is 2.49. The van der Waals surface area contributed by atoms with Crippen molar-refractivity contribution in [3.05, 3.63) is 84.3 Å². The van der Waals surface area contributed by atoms with E-state index >= 15 is 0 Å². The van der Waals surface area contributed by atoms with Gasteiger partial charge in [-0.2, -0.15) is 0 Å². The fourth-order valence-electron chi connectivity index (χ4n) is 2.21. The Bertz CT molecular complexity index is 528. The third kappa shape index (κ3) is 2.51. The molecule has 2 aromatic carbocycles. The van der Waals surface area contributed by atoms with Gasteiger partial charge < -0.3 is 0 Å². The van der Waals surface area contributed by atoms with E-state index in [1.54, 1.807) is 0 Å². The Kier molecular flexibility index (Phi) is 3.51. The summed E-state index contributed by atoms with van der Waals surface area (Å²) in [5.74, 6) is 1.53. The smallest absolute Gasteiger partial charge is 0.0111 e. The van der Waals surface area contributed by atoms with Gasteiger partial charge in [-0.3, -0.25) is 0 Å². The zero-order chi connectivity index (χ0) is 12.2. The summed E-state index contributed by atoms with van der Waals surface area (Å²) in [7, 11) is 0. The highest BCUT2D eigenvalue weighted by Gasteiger charge is 2.16. The molecule has 18 heavy (non-hydrogen) atoms. The van der Waals surface area contributed by atoms with Crippen LogP contribution in [0.1, 0.15) is 17.0 Å². The van der Waals surface area contributed by atoms with Crippen molar-refractivity contribution in [3.8, 4) is 0 Å². The van der Waals surface area contributed by atoms with Gasteiger partial charge in [-0.25, -0.2) is 0 Å². The highest BCUT2D eigenvalue weighted by Crippen LogP contribution is 2.38. The van der Waals surface area contributed by atoms with E-state index in [2.05, 4.69) is 73.2 Å². The summed E-state index contributed by atoms with van der Waals surface area (Å²) < 4.78 is 0. The molecule has 0 aliphatic carbocycles. The summed E-state index contributed by atoms with van der Waals surface area (Å²) in [5, 5.41) is 0. The van der Waals surface area contributed by atoms with Gasteiger partial charge in [-0.15, -0.1) is 11.8 Å². The second-order valence-electron chi connectivity index (χ2n) is 4.38. The van der Waals surface area contributed by atoms with Gasteiger partial charge in [0.2, 0.25) is 0 Å². The van der Waals surface area contributed by atoms with Crippen molar-refractivity contribution in [3.63, 3.8) is 0 Å². The third-order valence-corrected chi connectivity index (χ3v) is 4.20. The number of hydrogen-bond donors (Lipinski definition) is 0. The van der Waals surface area contributed by atoms with E-state index in [1.807, 2.05) is 11.8 Å². The van der Waals surface area contributed by atoms with E-state index in [4.69, 9.17) is 0 Å². The minimum atomic E-state index is 0.447. The Morgan fingerprint density at radius 1 is 0.833 bits per heavy atom. The van der Waals surface area contributed by atoms with E-state index in [9.17, 15) is 0 Å². The first kappa shape index (κ1) is 11.6. The monoisotopic (exact) mass is 251 g/mol. The van der Waals surface area contributed by atoms with E-state index in [0.717, 1.165) is 5.75 Å². The molecule has 1 aliphatic rings. The largest absolute Gasteiger partial charge is 0.126 e. The lowest BCUT2D eigenvalue weighted by Gasteiger charge is -2.21. The zero-order valence-corrected chi connectivity index (χ0v) is 10.9. The number of allylic oxidation sites excluding steroid dienone is 1. The minimum absolute atomic E-state index is 0.447. The van der Waals surface area contributed by atoms with Crippen LogP contribution in [0.25, 0.3) is 4.91 Å². The molecule has 1 heteroatoms. The van der Waals surface area contributed by atoms with Crippen LogP contribution in [-0.4, -0.2) is 5.75 Å². The molecule has 0 N–H and O–H groups in total. The molecule has 3 rings (SSSR count). The maximum atomic E-state index is 2.38. The minimum Gasteiger partial charge on any atom is -0.126 e. The molecule has 0 nitrogen and oxygen atoms in total.